The molecule has 0 spiro atoms. The minimum atomic E-state index is -0.228. The number of hydrogen-bond acceptors (Lipinski definition) is 5. The van der Waals surface area contributed by atoms with E-state index >= 15 is 0 Å². The molecule has 262 valence electrons. The smallest absolute Gasteiger partial charge is 0.104 e. The van der Waals surface area contributed by atoms with Gasteiger partial charge in [0.2, 0.25) is 0 Å². The number of nitrogens with zero attached hydrogens (tertiary/aromatic N) is 6. The number of pyridine rings is 2. The van der Waals surface area contributed by atoms with E-state index in [4.69, 9.17) is 15.0 Å². The molecule has 0 saturated heterocycles. The van der Waals surface area contributed by atoms with E-state index < -0.39 is 0 Å². The highest BCUT2D eigenvalue weighted by Crippen LogP contribution is 2.53. The lowest BCUT2D eigenvalue weighted by atomic mass is 9.88. The number of benzene rings is 4. The van der Waals surface area contributed by atoms with Gasteiger partial charge in [0.1, 0.15) is 6.04 Å². The van der Waals surface area contributed by atoms with Gasteiger partial charge in [-0.15, -0.1) is 0 Å². The van der Waals surface area contributed by atoms with Crippen molar-refractivity contribution in [2.75, 3.05) is 4.90 Å². The topological polar surface area (TPSA) is 58.7 Å². The van der Waals surface area contributed by atoms with Crippen LogP contribution in [0.15, 0.2) is 168 Å². The van der Waals surface area contributed by atoms with E-state index in [1.807, 2.05) is 24.7 Å². The quantitative estimate of drug-likeness (QED) is 0.166. The molecular formula is C48H40N6. The van der Waals surface area contributed by atoms with Gasteiger partial charge in [0.05, 0.1) is 33.8 Å². The number of para-hydroxylation sites is 2. The number of fused-ring (bicyclic) bond motifs is 6. The summed E-state index contributed by atoms with van der Waals surface area (Å²) in [7, 11) is 0. The monoisotopic (exact) mass is 700 g/mol. The van der Waals surface area contributed by atoms with E-state index in [1.165, 1.54) is 50.1 Å². The van der Waals surface area contributed by atoms with Crippen molar-refractivity contribution in [2.45, 2.75) is 44.3 Å². The van der Waals surface area contributed by atoms with E-state index in [2.05, 4.69) is 168 Å². The maximum Gasteiger partial charge on any atom is 0.104 e. The summed E-state index contributed by atoms with van der Waals surface area (Å²) in [4.78, 5) is 21.9. The molecule has 3 aliphatic rings. The summed E-state index contributed by atoms with van der Waals surface area (Å²) in [6, 6.07) is 43.6. The third-order valence-corrected chi connectivity index (χ3v) is 11.4. The zero-order valence-electron chi connectivity index (χ0n) is 30.4. The number of allylic oxidation sites excluding steroid dienone is 2. The first kappa shape index (κ1) is 32.3. The molecule has 0 radical (unpaired) electrons. The average molecular weight is 701 g/mol. The zero-order chi connectivity index (χ0) is 36.2. The van der Waals surface area contributed by atoms with Crippen LogP contribution >= 0.6 is 0 Å². The highest BCUT2D eigenvalue weighted by molar-refractivity contribution is 6.06. The summed E-state index contributed by atoms with van der Waals surface area (Å²) in [5.41, 5.74) is 13.9. The van der Waals surface area contributed by atoms with E-state index in [-0.39, 0.29) is 23.5 Å². The van der Waals surface area contributed by atoms with Crippen LogP contribution in [-0.2, 0) is 12.8 Å². The van der Waals surface area contributed by atoms with E-state index in [0.717, 1.165) is 35.3 Å². The van der Waals surface area contributed by atoms with Crippen molar-refractivity contribution in [2.24, 2.45) is 15.9 Å². The molecule has 4 aromatic carbocycles. The normalized spacial score (nSPS) is 21.4. The Balaban J connectivity index is 0.801. The first-order valence-corrected chi connectivity index (χ1v) is 18.8. The largest absolute Gasteiger partial charge is 0.329 e. The minimum Gasteiger partial charge on any atom is -0.329 e. The molecule has 0 N–H and O–H groups in total. The molecule has 4 unspecified atom stereocenters. The number of hydrogen-bond donors (Lipinski definition) is 0. The van der Waals surface area contributed by atoms with Crippen LogP contribution in [0.3, 0.4) is 0 Å². The molecular weight excluding hydrogens is 661 g/mol. The van der Waals surface area contributed by atoms with Crippen molar-refractivity contribution in [3.8, 4) is 5.69 Å². The van der Waals surface area contributed by atoms with Crippen LogP contribution in [0.25, 0.3) is 27.6 Å². The Morgan fingerprint density at radius 3 is 2.24 bits per heavy atom. The standard InChI is InChI=1S/C48H40N6/c1-32-27-36(29-34-16-21-38(22-17-34)54-43-12-6-4-10-40(43)47-48(54,2)24-8-26-50-47)31-52-45(32)41-23-18-35(30-51-41)28-33-14-19-37(20-15-33)53-42-11-5-3-9-39(42)46-44(53)13-7-25-49-46/h3-27,30-32,45,47H,28-29H2,1-2H3. The summed E-state index contributed by atoms with van der Waals surface area (Å²) >= 11 is 0. The molecule has 3 aromatic heterocycles. The van der Waals surface area contributed by atoms with E-state index in [0.29, 0.717) is 0 Å². The van der Waals surface area contributed by atoms with Crippen LogP contribution in [0.5, 0.6) is 0 Å². The molecule has 3 aliphatic heterocycles. The van der Waals surface area contributed by atoms with Gasteiger partial charge < -0.3 is 9.47 Å². The second-order valence-corrected chi connectivity index (χ2v) is 15.0. The Kier molecular flexibility index (Phi) is 7.72. The first-order chi connectivity index (χ1) is 26.5. The Morgan fingerprint density at radius 1 is 0.685 bits per heavy atom. The van der Waals surface area contributed by atoms with E-state index in [1.54, 1.807) is 0 Å². The highest BCUT2D eigenvalue weighted by Gasteiger charge is 2.47. The van der Waals surface area contributed by atoms with Crippen molar-refractivity contribution < 1.29 is 0 Å². The van der Waals surface area contributed by atoms with Gasteiger partial charge in [-0.25, -0.2) is 0 Å². The van der Waals surface area contributed by atoms with Crippen molar-refractivity contribution in [3.63, 3.8) is 0 Å². The molecule has 0 aliphatic carbocycles. The fourth-order valence-corrected chi connectivity index (χ4v) is 8.81. The number of aromatic nitrogens is 3. The minimum absolute atomic E-state index is 0.0142. The second-order valence-electron chi connectivity index (χ2n) is 15.0. The van der Waals surface area contributed by atoms with E-state index in [9.17, 15) is 0 Å². The second kappa shape index (κ2) is 12.9. The van der Waals surface area contributed by atoms with Gasteiger partial charge in [0, 0.05) is 58.8 Å². The summed E-state index contributed by atoms with van der Waals surface area (Å²) in [5, 5.41) is 1.17. The van der Waals surface area contributed by atoms with Gasteiger partial charge in [-0.05, 0) is 103 Å². The first-order valence-electron chi connectivity index (χ1n) is 18.8. The molecule has 6 heteroatoms. The molecule has 0 amide bonds. The maximum absolute atomic E-state index is 5.02. The molecule has 0 bridgehead atoms. The lowest BCUT2D eigenvalue weighted by molar-refractivity contribution is 0.494. The predicted molar refractivity (Wildman–Crippen MR) is 222 cm³/mol. The van der Waals surface area contributed by atoms with Gasteiger partial charge in [-0.2, -0.15) is 0 Å². The molecule has 54 heavy (non-hydrogen) atoms. The third kappa shape index (κ3) is 5.40. The summed E-state index contributed by atoms with van der Waals surface area (Å²) < 4.78 is 2.30. The van der Waals surface area contributed by atoms with Crippen LogP contribution in [0.4, 0.5) is 11.4 Å². The van der Waals surface area contributed by atoms with Gasteiger partial charge >= 0.3 is 0 Å². The molecule has 6 nitrogen and oxygen atoms in total. The lowest BCUT2D eigenvalue weighted by Crippen LogP contribution is -2.42. The molecule has 0 fully saturated rings. The Hall–Kier alpha value is -6.40. The Bertz CT molecular complexity index is 2590. The Labute approximate surface area is 315 Å². The Morgan fingerprint density at radius 2 is 1.43 bits per heavy atom. The predicted octanol–water partition coefficient (Wildman–Crippen LogP) is 10.7. The molecule has 10 rings (SSSR count). The van der Waals surface area contributed by atoms with Gasteiger partial charge in [0.15, 0.2) is 0 Å². The fourth-order valence-electron chi connectivity index (χ4n) is 8.81. The fraction of sp³-hybridized carbons (Fsp3) is 0.167. The molecule has 7 aromatic rings. The lowest BCUT2D eigenvalue weighted by Gasteiger charge is -2.38. The SMILES string of the molecule is CC1C=C(Cc2ccc(N3c4ccccc4C4N=CC=CC43C)cc2)C=NC1c1ccc(Cc2ccc(-n3c4ccccc4c4ncccc43)cc2)cn1. The number of aliphatic imine (C=N–C) groups is 2. The van der Waals surface area contributed by atoms with Gasteiger partial charge in [-0.3, -0.25) is 20.0 Å². The highest BCUT2D eigenvalue weighted by atomic mass is 15.3. The van der Waals surface area contributed by atoms with Crippen LogP contribution in [0, 0.1) is 5.92 Å². The summed E-state index contributed by atoms with van der Waals surface area (Å²) in [6.45, 7) is 4.53. The van der Waals surface area contributed by atoms with Crippen LogP contribution < -0.4 is 4.90 Å². The number of dihydropyridines is 2. The van der Waals surface area contributed by atoms with Crippen LogP contribution in [-0.4, -0.2) is 32.5 Å². The van der Waals surface area contributed by atoms with Crippen molar-refractivity contribution in [1.82, 2.24) is 14.5 Å². The number of rotatable bonds is 7. The summed E-state index contributed by atoms with van der Waals surface area (Å²) in [5.74, 6) is 0.253. The third-order valence-electron chi connectivity index (χ3n) is 11.4. The number of anilines is 2. The molecule has 0 saturated carbocycles. The summed E-state index contributed by atoms with van der Waals surface area (Å²) in [6.07, 6.45) is 16.3. The van der Waals surface area contributed by atoms with Crippen molar-refractivity contribution >= 4 is 45.7 Å². The van der Waals surface area contributed by atoms with Crippen molar-refractivity contribution in [1.29, 1.82) is 0 Å². The molecule has 4 atom stereocenters. The van der Waals surface area contributed by atoms with Gasteiger partial charge in [0.25, 0.3) is 0 Å². The van der Waals surface area contributed by atoms with Crippen LogP contribution in [0.2, 0.25) is 0 Å². The van der Waals surface area contributed by atoms with Crippen molar-refractivity contribution in [3.05, 3.63) is 185 Å². The van der Waals surface area contributed by atoms with Gasteiger partial charge in [-0.1, -0.05) is 85.8 Å². The zero-order valence-corrected chi connectivity index (χ0v) is 30.4. The maximum atomic E-state index is 5.02. The molecule has 6 heterocycles. The average Bonchev–Trinajstić information content (AvgIpc) is 3.68. The van der Waals surface area contributed by atoms with Crippen LogP contribution in [0.1, 0.15) is 53.9 Å².